The second-order valence-corrected chi connectivity index (χ2v) is 7.31. The van der Waals surface area contributed by atoms with Gasteiger partial charge in [-0.25, -0.2) is 8.78 Å². The smallest absolute Gasteiger partial charge is 0.278 e. The monoisotopic (exact) mass is 458 g/mol. The summed E-state index contributed by atoms with van der Waals surface area (Å²) in [7, 11) is 0. The van der Waals surface area contributed by atoms with Crippen molar-refractivity contribution in [2.75, 3.05) is 5.32 Å². The fourth-order valence-corrected chi connectivity index (χ4v) is 3.21. The molecular formula is C22H17ClF2N4O3. The van der Waals surface area contributed by atoms with Crippen LogP contribution >= 0.6 is 11.6 Å². The zero-order chi connectivity index (χ0) is 22.7. The lowest BCUT2D eigenvalue weighted by Crippen LogP contribution is -2.15. The minimum Gasteiger partial charge on any atom is -0.486 e. The molecule has 0 bridgehead atoms. The number of hydrogen-bond acceptors (Lipinski definition) is 5. The van der Waals surface area contributed by atoms with E-state index < -0.39 is 17.5 Å². The van der Waals surface area contributed by atoms with Gasteiger partial charge in [-0.1, -0.05) is 35.0 Å². The van der Waals surface area contributed by atoms with E-state index >= 15 is 0 Å². The molecule has 0 saturated heterocycles. The minimum atomic E-state index is -0.534. The zero-order valence-corrected chi connectivity index (χ0v) is 17.6. The molecule has 2 aromatic heterocycles. The van der Waals surface area contributed by atoms with Gasteiger partial charge in [0, 0.05) is 11.2 Å². The van der Waals surface area contributed by atoms with Crippen molar-refractivity contribution in [3.8, 4) is 5.75 Å². The van der Waals surface area contributed by atoms with Gasteiger partial charge < -0.3 is 14.6 Å². The lowest BCUT2D eigenvalue weighted by molar-refractivity contribution is 0.101. The van der Waals surface area contributed by atoms with Gasteiger partial charge in [-0.05, 0) is 36.8 Å². The van der Waals surface area contributed by atoms with Gasteiger partial charge >= 0.3 is 0 Å². The van der Waals surface area contributed by atoms with Gasteiger partial charge in [0.2, 0.25) is 0 Å². The van der Waals surface area contributed by atoms with E-state index in [1.807, 2.05) is 0 Å². The van der Waals surface area contributed by atoms with Crippen LogP contribution in [0.2, 0.25) is 5.02 Å². The predicted octanol–water partition coefficient (Wildman–Crippen LogP) is 4.99. The number of hydrogen-bond donors (Lipinski definition) is 1. The molecule has 164 valence electrons. The molecule has 4 aromatic rings. The Morgan fingerprint density at radius 1 is 1.25 bits per heavy atom. The predicted molar refractivity (Wildman–Crippen MR) is 113 cm³/mol. The van der Waals surface area contributed by atoms with E-state index in [1.54, 1.807) is 36.0 Å². The normalized spacial score (nSPS) is 10.9. The molecule has 0 aliphatic heterocycles. The van der Waals surface area contributed by atoms with Crippen LogP contribution in [0.3, 0.4) is 0 Å². The Labute approximate surface area is 186 Å². The third-order valence-corrected chi connectivity index (χ3v) is 5.00. The maximum atomic E-state index is 13.8. The number of aryl methyl sites for hydroxylation is 1. The molecule has 0 unspecified atom stereocenters. The van der Waals surface area contributed by atoms with Crippen molar-refractivity contribution in [3.05, 3.63) is 94.1 Å². The fraction of sp³-hybridized carbons (Fsp3) is 0.136. The van der Waals surface area contributed by atoms with Gasteiger partial charge in [-0.2, -0.15) is 5.10 Å². The zero-order valence-electron chi connectivity index (χ0n) is 16.8. The third-order valence-electron chi connectivity index (χ3n) is 4.65. The molecule has 2 heterocycles. The molecule has 0 radical (unpaired) electrons. The molecule has 0 atom stereocenters. The summed E-state index contributed by atoms with van der Waals surface area (Å²) in [5.74, 6) is -1.03. The first-order valence-electron chi connectivity index (χ1n) is 9.51. The average Bonchev–Trinajstić information content (AvgIpc) is 3.35. The van der Waals surface area contributed by atoms with Crippen LogP contribution in [0, 0.1) is 18.6 Å². The molecule has 0 aliphatic carbocycles. The van der Waals surface area contributed by atoms with Crippen molar-refractivity contribution < 1.29 is 22.8 Å². The van der Waals surface area contributed by atoms with Crippen molar-refractivity contribution in [1.82, 2.24) is 14.9 Å². The number of anilines is 1. The van der Waals surface area contributed by atoms with Gasteiger partial charge in [-0.15, -0.1) is 0 Å². The van der Waals surface area contributed by atoms with Crippen molar-refractivity contribution in [1.29, 1.82) is 0 Å². The maximum Gasteiger partial charge on any atom is 0.278 e. The van der Waals surface area contributed by atoms with E-state index in [1.165, 1.54) is 30.5 Å². The Morgan fingerprint density at radius 3 is 2.84 bits per heavy atom. The Morgan fingerprint density at radius 2 is 2.06 bits per heavy atom. The van der Waals surface area contributed by atoms with E-state index in [4.69, 9.17) is 20.9 Å². The molecule has 0 spiro atoms. The van der Waals surface area contributed by atoms with Crippen LogP contribution in [0.4, 0.5) is 14.5 Å². The van der Waals surface area contributed by atoms with Gasteiger partial charge in [-0.3, -0.25) is 9.48 Å². The Bertz CT molecular complexity index is 1270. The van der Waals surface area contributed by atoms with E-state index in [0.717, 1.165) is 0 Å². The molecule has 32 heavy (non-hydrogen) atoms. The van der Waals surface area contributed by atoms with Crippen LogP contribution in [0.1, 0.15) is 27.4 Å². The molecule has 1 amide bonds. The topological polar surface area (TPSA) is 82.2 Å². The number of ether oxygens (including phenoxy) is 1. The highest BCUT2D eigenvalue weighted by Gasteiger charge is 2.21. The van der Waals surface area contributed by atoms with Crippen LogP contribution in [0.5, 0.6) is 5.75 Å². The number of nitrogens with zero attached hydrogens (tertiary/aromatic N) is 3. The minimum absolute atomic E-state index is 0.0215. The number of aromatic nitrogens is 3. The summed E-state index contributed by atoms with van der Waals surface area (Å²) >= 11 is 6.05. The first-order valence-corrected chi connectivity index (χ1v) is 9.88. The highest BCUT2D eigenvalue weighted by atomic mass is 35.5. The number of amides is 1. The van der Waals surface area contributed by atoms with Crippen molar-refractivity contribution >= 4 is 23.2 Å². The largest absolute Gasteiger partial charge is 0.486 e. The highest BCUT2D eigenvalue weighted by Crippen LogP contribution is 2.22. The number of halogens is 3. The number of nitrogens with one attached hydrogen (secondary N) is 1. The van der Waals surface area contributed by atoms with Crippen molar-refractivity contribution in [2.24, 2.45) is 0 Å². The molecule has 10 heteroatoms. The Kier molecular flexibility index (Phi) is 6.18. The molecule has 2 aromatic carbocycles. The number of carbonyl (C=O) groups is 1. The van der Waals surface area contributed by atoms with E-state index in [2.05, 4.69) is 15.6 Å². The summed E-state index contributed by atoms with van der Waals surface area (Å²) < 4.78 is 39.2. The Hall–Kier alpha value is -3.72. The third kappa shape index (κ3) is 4.78. The number of para-hydroxylation sites is 1. The first-order chi connectivity index (χ1) is 15.4. The van der Waals surface area contributed by atoms with Crippen LogP contribution in [-0.2, 0) is 13.2 Å². The van der Waals surface area contributed by atoms with E-state index in [0.29, 0.717) is 29.1 Å². The summed E-state index contributed by atoms with van der Waals surface area (Å²) in [5, 5.41) is 10.9. The molecule has 0 fully saturated rings. The summed E-state index contributed by atoms with van der Waals surface area (Å²) in [6.45, 7) is 1.83. The summed E-state index contributed by atoms with van der Waals surface area (Å²) in [4.78, 5) is 12.7. The van der Waals surface area contributed by atoms with Crippen LogP contribution in [0.25, 0.3) is 0 Å². The van der Waals surface area contributed by atoms with Gasteiger partial charge in [0.1, 0.15) is 18.2 Å². The molecule has 0 saturated carbocycles. The van der Waals surface area contributed by atoms with Crippen LogP contribution < -0.4 is 10.1 Å². The molecule has 7 nitrogen and oxygen atoms in total. The molecule has 0 aliphatic rings. The Balaban J connectivity index is 1.44. The van der Waals surface area contributed by atoms with Crippen LogP contribution in [0.15, 0.2) is 59.4 Å². The lowest BCUT2D eigenvalue weighted by Gasteiger charge is -2.07. The van der Waals surface area contributed by atoms with Gasteiger partial charge in [0.15, 0.2) is 17.3 Å². The summed E-state index contributed by atoms with van der Waals surface area (Å²) in [5.41, 5.74) is 1.51. The second-order valence-electron chi connectivity index (χ2n) is 6.90. The molecular weight excluding hydrogens is 442 g/mol. The molecule has 1 N–H and O–H groups in total. The average molecular weight is 459 g/mol. The van der Waals surface area contributed by atoms with Gasteiger partial charge in [0.25, 0.3) is 5.91 Å². The second kappa shape index (κ2) is 9.19. The van der Waals surface area contributed by atoms with Crippen LogP contribution in [-0.4, -0.2) is 20.8 Å². The number of carbonyl (C=O) groups excluding carboxylic acids is 1. The SMILES string of the molecule is Cc1onc(C(=O)Nc2cnn(Cc3ccc(F)cc3Cl)c2)c1COc1ccccc1F. The number of benzene rings is 2. The number of rotatable bonds is 7. The first kappa shape index (κ1) is 21.5. The van der Waals surface area contributed by atoms with Crippen molar-refractivity contribution in [3.63, 3.8) is 0 Å². The van der Waals surface area contributed by atoms with Crippen molar-refractivity contribution in [2.45, 2.75) is 20.1 Å². The van der Waals surface area contributed by atoms with E-state index in [-0.39, 0.29) is 23.1 Å². The quantitative estimate of drug-likeness (QED) is 0.422. The van der Waals surface area contributed by atoms with E-state index in [9.17, 15) is 13.6 Å². The van der Waals surface area contributed by atoms with Gasteiger partial charge in [0.05, 0.1) is 24.0 Å². The summed E-state index contributed by atoms with van der Waals surface area (Å²) in [6, 6.07) is 10.1. The highest BCUT2D eigenvalue weighted by molar-refractivity contribution is 6.31. The standard InChI is InChI=1S/C22H17ClF2N4O3/c1-13-17(12-31-20-5-3-2-4-19(20)25)21(28-32-13)22(30)27-16-9-26-29(11-16)10-14-6-7-15(24)8-18(14)23/h2-9,11H,10,12H2,1H3,(H,27,30). The summed E-state index contributed by atoms with van der Waals surface area (Å²) in [6.07, 6.45) is 3.05. The fourth-order valence-electron chi connectivity index (χ4n) is 2.98. The maximum absolute atomic E-state index is 13.8. The lowest BCUT2D eigenvalue weighted by atomic mass is 10.2. The molecule has 4 rings (SSSR count).